The number of aliphatic imine (C=N–C) groups is 1. The molecular weight excluding hydrogens is 431 g/mol. The highest BCUT2D eigenvalue weighted by Gasteiger charge is 2.01. The van der Waals surface area contributed by atoms with Gasteiger partial charge >= 0.3 is 0 Å². The number of aromatic nitrogens is 2. The number of hydrogen-bond acceptors (Lipinski definition) is 3. The molecule has 7 nitrogen and oxygen atoms in total. The van der Waals surface area contributed by atoms with Gasteiger partial charge in [-0.3, -0.25) is 14.5 Å². The summed E-state index contributed by atoms with van der Waals surface area (Å²) in [6, 6.07) is 9.65. The number of guanidine groups is 1. The largest absolute Gasteiger partial charge is 0.356 e. The van der Waals surface area contributed by atoms with Crippen LogP contribution in [-0.2, 0) is 17.9 Å². The van der Waals surface area contributed by atoms with Gasteiger partial charge in [-0.1, -0.05) is 12.1 Å². The van der Waals surface area contributed by atoms with Crippen LogP contribution >= 0.6 is 24.0 Å². The Morgan fingerprint density at radius 1 is 1.28 bits per heavy atom. The fourth-order valence-electron chi connectivity index (χ4n) is 2.25. The van der Waals surface area contributed by atoms with Crippen molar-refractivity contribution in [2.24, 2.45) is 4.99 Å². The van der Waals surface area contributed by atoms with E-state index in [-0.39, 0.29) is 29.9 Å². The van der Waals surface area contributed by atoms with Crippen molar-refractivity contribution in [3.05, 3.63) is 48.3 Å². The molecule has 2 rings (SSSR count). The molecular formula is C17H25IN6O. The molecule has 0 spiro atoms. The molecule has 0 radical (unpaired) electrons. The van der Waals surface area contributed by atoms with E-state index in [9.17, 15) is 4.79 Å². The predicted octanol–water partition coefficient (Wildman–Crippen LogP) is 2.21. The van der Waals surface area contributed by atoms with Crippen molar-refractivity contribution in [1.82, 2.24) is 20.4 Å². The molecule has 3 N–H and O–H groups in total. The second kappa shape index (κ2) is 11.5. The molecule has 1 aromatic heterocycles. The topological polar surface area (TPSA) is 83.3 Å². The molecule has 8 heteroatoms. The lowest BCUT2D eigenvalue weighted by Gasteiger charge is -2.12. The van der Waals surface area contributed by atoms with E-state index in [0.29, 0.717) is 6.54 Å². The van der Waals surface area contributed by atoms with Crippen molar-refractivity contribution in [3.8, 4) is 0 Å². The molecule has 136 valence electrons. The zero-order valence-corrected chi connectivity index (χ0v) is 16.9. The van der Waals surface area contributed by atoms with Crippen LogP contribution in [0.15, 0.2) is 47.7 Å². The van der Waals surface area contributed by atoms with E-state index < -0.39 is 0 Å². The summed E-state index contributed by atoms with van der Waals surface area (Å²) in [6.07, 6.45) is 4.69. The maximum Gasteiger partial charge on any atom is 0.221 e. The van der Waals surface area contributed by atoms with E-state index >= 15 is 0 Å². The second-order valence-electron chi connectivity index (χ2n) is 5.36. The molecule has 0 aliphatic heterocycles. The fraction of sp³-hybridized carbons (Fsp3) is 0.353. The minimum absolute atomic E-state index is 0. The van der Waals surface area contributed by atoms with Crippen molar-refractivity contribution in [1.29, 1.82) is 0 Å². The molecule has 0 aliphatic rings. The molecule has 0 saturated carbocycles. The van der Waals surface area contributed by atoms with E-state index in [2.05, 4.69) is 26.0 Å². The van der Waals surface area contributed by atoms with Gasteiger partial charge in [-0.15, -0.1) is 24.0 Å². The van der Waals surface area contributed by atoms with Crippen molar-refractivity contribution in [2.75, 3.05) is 18.9 Å². The Labute approximate surface area is 165 Å². The Bertz CT molecular complexity index is 672. The van der Waals surface area contributed by atoms with Crippen LogP contribution < -0.4 is 16.0 Å². The number of benzene rings is 1. The lowest BCUT2D eigenvalue weighted by atomic mass is 10.2. The van der Waals surface area contributed by atoms with Crippen LogP contribution in [0.3, 0.4) is 0 Å². The van der Waals surface area contributed by atoms with E-state index in [1.165, 1.54) is 6.92 Å². The fourth-order valence-corrected chi connectivity index (χ4v) is 2.25. The number of halogens is 1. The molecule has 0 fully saturated rings. The van der Waals surface area contributed by atoms with Gasteiger partial charge < -0.3 is 16.0 Å². The van der Waals surface area contributed by atoms with E-state index in [1.54, 1.807) is 13.2 Å². The summed E-state index contributed by atoms with van der Waals surface area (Å²) in [7, 11) is 1.75. The highest BCUT2D eigenvalue weighted by Crippen LogP contribution is 2.10. The monoisotopic (exact) mass is 456 g/mol. The maximum atomic E-state index is 11.1. The van der Waals surface area contributed by atoms with Gasteiger partial charge in [0.1, 0.15) is 0 Å². The third kappa shape index (κ3) is 8.01. The van der Waals surface area contributed by atoms with Gasteiger partial charge in [-0.25, -0.2) is 0 Å². The van der Waals surface area contributed by atoms with Gasteiger partial charge in [-0.2, -0.15) is 5.10 Å². The summed E-state index contributed by atoms with van der Waals surface area (Å²) in [5.41, 5.74) is 1.87. The third-order valence-corrected chi connectivity index (χ3v) is 3.35. The SMILES string of the molecule is CN=C(NCCCn1cccn1)NCc1cccc(NC(C)=O)c1.I. The molecule has 0 atom stereocenters. The van der Waals surface area contributed by atoms with Crippen LogP contribution in [0, 0.1) is 0 Å². The van der Waals surface area contributed by atoms with Gasteiger partial charge in [0.25, 0.3) is 0 Å². The number of carbonyl (C=O) groups is 1. The number of anilines is 1. The zero-order valence-electron chi connectivity index (χ0n) is 14.5. The first kappa shape index (κ1) is 20.9. The maximum absolute atomic E-state index is 11.1. The molecule has 0 unspecified atom stereocenters. The van der Waals surface area contributed by atoms with Gasteiger partial charge in [0.15, 0.2) is 5.96 Å². The lowest BCUT2D eigenvalue weighted by Crippen LogP contribution is -2.37. The standard InChI is InChI=1S/C17H24N6O.HI/c1-14(24)22-16-7-3-6-15(12-16)13-20-17(18-2)19-8-4-10-23-11-5-9-21-23;/h3,5-7,9,11-12H,4,8,10,13H2,1-2H3,(H,22,24)(H2,18,19,20);1H. The van der Waals surface area contributed by atoms with Gasteiger partial charge in [-0.05, 0) is 30.2 Å². The quantitative estimate of drug-likeness (QED) is 0.258. The van der Waals surface area contributed by atoms with E-state index in [1.807, 2.05) is 41.2 Å². The van der Waals surface area contributed by atoms with Crippen molar-refractivity contribution in [3.63, 3.8) is 0 Å². The lowest BCUT2D eigenvalue weighted by molar-refractivity contribution is -0.114. The summed E-state index contributed by atoms with van der Waals surface area (Å²) in [5, 5.41) is 13.5. The normalized spacial score (nSPS) is 10.7. The summed E-state index contributed by atoms with van der Waals surface area (Å²) in [5.74, 6) is 0.676. The van der Waals surface area contributed by atoms with Crippen LogP contribution in [0.25, 0.3) is 0 Å². The number of rotatable bonds is 7. The number of nitrogens with one attached hydrogen (secondary N) is 3. The second-order valence-corrected chi connectivity index (χ2v) is 5.36. The molecule has 1 heterocycles. The minimum atomic E-state index is -0.0743. The summed E-state index contributed by atoms with van der Waals surface area (Å²) < 4.78 is 1.91. The number of carbonyl (C=O) groups excluding carboxylic acids is 1. The van der Waals surface area contributed by atoms with Crippen molar-refractivity contribution in [2.45, 2.75) is 26.4 Å². The summed E-state index contributed by atoms with van der Waals surface area (Å²) in [4.78, 5) is 15.3. The first-order valence-electron chi connectivity index (χ1n) is 7.96. The van der Waals surface area contributed by atoms with Crippen LogP contribution in [0.5, 0.6) is 0 Å². The average Bonchev–Trinajstić information content (AvgIpc) is 3.07. The van der Waals surface area contributed by atoms with E-state index in [4.69, 9.17) is 0 Å². The molecule has 25 heavy (non-hydrogen) atoms. The molecule has 2 aromatic rings. The average molecular weight is 456 g/mol. The number of hydrogen-bond donors (Lipinski definition) is 3. The molecule has 0 saturated heterocycles. The van der Waals surface area contributed by atoms with Crippen molar-refractivity contribution < 1.29 is 4.79 Å². The predicted molar refractivity (Wildman–Crippen MR) is 111 cm³/mol. The van der Waals surface area contributed by atoms with Crippen LogP contribution in [-0.4, -0.2) is 35.2 Å². The number of aryl methyl sites for hydroxylation is 1. The van der Waals surface area contributed by atoms with Crippen LogP contribution in [0.4, 0.5) is 5.69 Å². The number of amides is 1. The van der Waals surface area contributed by atoms with Gasteiger partial charge in [0, 0.05) is 51.7 Å². The minimum Gasteiger partial charge on any atom is -0.356 e. The Balaban J connectivity index is 0.00000312. The highest BCUT2D eigenvalue weighted by atomic mass is 127. The van der Waals surface area contributed by atoms with Gasteiger partial charge in [0.05, 0.1) is 0 Å². The highest BCUT2D eigenvalue weighted by molar-refractivity contribution is 14.0. The van der Waals surface area contributed by atoms with Crippen molar-refractivity contribution >= 4 is 41.5 Å². The van der Waals surface area contributed by atoms with Crippen LogP contribution in [0.1, 0.15) is 18.9 Å². The first-order valence-corrected chi connectivity index (χ1v) is 7.96. The zero-order chi connectivity index (χ0) is 17.2. The smallest absolute Gasteiger partial charge is 0.221 e. The van der Waals surface area contributed by atoms with Crippen LogP contribution in [0.2, 0.25) is 0 Å². The Morgan fingerprint density at radius 2 is 2.12 bits per heavy atom. The third-order valence-electron chi connectivity index (χ3n) is 3.35. The van der Waals surface area contributed by atoms with Gasteiger partial charge in [0.2, 0.25) is 5.91 Å². The molecule has 0 aliphatic carbocycles. The Hall–Kier alpha value is -2.10. The first-order chi connectivity index (χ1) is 11.7. The van der Waals surface area contributed by atoms with E-state index in [0.717, 1.165) is 36.7 Å². The number of nitrogens with zero attached hydrogens (tertiary/aromatic N) is 3. The molecule has 0 bridgehead atoms. The molecule has 1 aromatic carbocycles. The Kier molecular flexibility index (Phi) is 9.60. The summed E-state index contributed by atoms with van der Waals surface area (Å²) >= 11 is 0. The summed E-state index contributed by atoms with van der Waals surface area (Å²) in [6.45, 7) is 3.81. The molecule has 1 amide bonds. The Morgan fingerprint density at radius 3 is 2.80 bits per heavy atom.